The smallest absolute Gasteiger partial charge is 0.116 e. The molecule has 0 aromatic heterocycles. The van der Waals surface area contributed by atoms with Crippen LogP contribution in [0.5, 0.6) is 0 Å². The van der Waals surface area contributed by atoms with Gasteiger partial charge in [0.25, 0.3) is 0 Å². The molecule has 0 aliphatic heterocycles. The third-order valence-electron chi connectivity index (χ3n) is 4.90. The quantitative estimate of drug-likeness (QED) is 0.332. The Morgan fingerprint density at radius 2 is 0.964 bits per heavy atom. The van der Waals surface area contributed by atoms with Crippen molar-refractivity contribution in [1.29, 1.82) is 0 Å². The van der Waals surface area contributed by atoms with Crippen molar-refractivity contribution in [2.75, 3.05) is 0 Å². The van der Waals surface area contributed by atoms with Crippen LogP contribution in [0.15, 0.2) is 115 Å². The van der Waals surface area contributed by atoms with Crippen molar-refractivity contribution in [3.8, 4) is 0 Å². The second kappa shape index (κ2) is 9.39. The van der Waals surface area contributed by atoms with E-state index >= 15 is 0 Å². The summed E-state index contributed by atoms with van der Waals surface area (Å²) in [7, 11) is -1.85. The Hall–Kier alpha value is -2.11. The van der Waals surface area contributed by atoms with E-state index in [0.717, 1.165) is 11.2 Å². The molecule has 140 valence electrons. The predicted molar refractivity (Wildman–Crippen MR) is 128 cm³/mol. The van der Waals surface area contributed by atoms with Crippen LogP contribution in [0.25, 0.3) is 0 Å². The first kappa shape index (κ1) is 20.6. The van der Waals surface area contributed by atoms with Crippen LogP contribution in [0.3, 0.4) is 0 Å². The number of halogens is 2. The standard InChI is InChI=1S/C25H21ClP.ClH/c26-22-12-10-11-21(19-22)20-27(23-13-4-1-5-14-23,24-15-6-2-7-16-24)25-17-8-3-9-18-25;/h1-19H,20H2;1H/q+1;. The highest BCUT2D eigenvalue weighted by atomic mass is 35.5. The maximum Gasteiger partial charge on any atom is 0.116 e. The van der Waals surface area contributed by atoms with Gasteiger partial charge in [-0.25, -0.2) is 0 Å². The third kappa shape index (κ3) is 4.15. The summed E-state index contributed by atoms with van der Waals surface area (Å²) in [6.07, 6.45) is 0.950. The fourth-order valence-electron chi connectivity index (χ4n) is 3.68. The molecule has 4 aromatic carbocycles. The van der Waals surface area contributed by atoms with Crippen molar-refractivity contribution < 1.29 is 0 Å². The summed E-state index contributed by atoms with van der Waals surface area (Å²) < 4.78 is 0. The van der Waals surface area contributed by atoms with Gasteiger partial charge >= 0.3 is 0 Å². The highest BCUT2D eigenvalue weighted by Gasteiger charge is 2.45. The molecule has 0 radical (unpaired) electrons. The van der Waals surface area contributed by atoms with Gasteiger partial charge in [-0.05, 0) is 54.1 Å². The van der Waals surface area contributed by atoms with E-state index in [1.54, 1.807) is 0 Å². The van der Waals surface area contributed by atoms with Crippen LogP contribution in [0.2, 0.25) is 5.02 Å². The summed E-state index contributed by atoms with van der Waals surface area (Å²) in [5.74, 6) is 0. The van der Waals surface area contributed by atoms with Crippen LogP contribution in [0.4, 0.5) is 0 Å². The summed E-state index contributed by atoms with van der Waals surface area (Å²) in [5.41, 5.74) is 1.27. The van der Waals surface area contributed by atoms with Crippen LogP contribution in [-0.2, 0) is 6.16 Å². The maximum absolute atomic E-state index is 6.32. The summed E-state index contributed by atoms with van der Waals surface area (Å²) in [5, 5.41) is 4.96. The number of hydrogen-bond acceptors (Lipinski definition) is 0. The van der Waals surface area contributed by atoms with E-state index in [9.17, 15) is 0 Å². The third-order valence-corrected chi connectivity index (χ3v) is 9.51. The number of benzene rings is 4. The minimum absolute atomic E-state index is 0. The lowest BCUT2D eigenvalue weighted by molar-refractivity contribution is 1.39. The molecule has 0 nitrogen and oxygen atoms in total. The van der Waals surface area contributed by atoms with Gasteiger partial charge in [0.15, 0.2) is 0 Å². The van der Waals surface area contributed by atoms with Crippen LogP contribution in [-0.4, -0.2) is 0 Å². The van der Waals surface area contributed by atoms with Crippen molar-refractivity contribution in [1.82, 2.24) is 0 Å². The molecule has 4 aromatic rings. The van der Waals surface area contributed by atoms with E-state index in [1.807, 2.05) is 12.1 Å². The van der Waals surface area contributed by atoms with Gasteiger partial charge in [-0.2, -0.15) is 0 Å². The van der Waals surface area contributed by atoms with Gasteiger partial charge in [-0.15, -0.1) is 12.4 Å². The molecule has 0 N–H and O–H groups in total. The second-order valence-electron chi connectivity index (χ2n) is 6.60. The number of rotatable bonds is 5. The van der Waals surface area contributed by atoms with Gasteiger partial charge in [0.2, 0.25) is 0 Å². The van der Waals surface area contributed by atoms with Crippen LogP contribution in [0.1, 0.15) is 5.56 Å². The Morgan fingerprint density at radius 3 is 1.36 bits per heavy atom. The molecule has 4 rings (SSSR count). The minimum atomic E-state index is -1.85. The molecule has 28 heavy (non-hydrogen) atoms. The molecule has 0 saturated carbocycles. The average molecular weight is 424 g/mol. The fourth-order valence-corrected chi connectivity index (χ4v) is 8.12. The molecular weight excluding hydrogens is 402 g/mol. The van der Waals surface area contributed by atoms with Crippen molar-refractivity contribution >= 4 is 47.2 Å². The molecule has 0 unspecified atom stereocenters. The van der Waals surface area contributed by atoms with Crippen molar-refractivity contribution in [3.05, 3.63) is 126 Å². The first-order chi connectivity index (χ1) is 13.3. The van der Waals surface area contributed by atoms with Crippen LogP contribution >= 0.6 is 31.3 Å². The molecule has 0 fully saturated rings. The summed E-state index contributed by atoms with van der Waals surface area (Å²) in [4.78, 5) is 0. The van der Waals surface area contributed by atoms with E-state index < -0.39 is 7.26 Å². The molecule has 0 aliphatic carbocycles. The molecule has 0 spiro atoms. The van der Waals surface area contributed by atoms with Gasteiger partial charge in [0, 0.05) is 5.02 Å². The first-order valence-corrected chi connectivity index (χ1v) is 11.4. The Labute approximate surface area is 179 Å². The monoisotopic (exact) mass is 423 g/mol. The van der Waals surface area contributed by atoms with Crippen molar-refractivity contribution in [3.63, 3.8) is 0 Å². The lowest BCUT2D eigenvalue weighted by Gasteiger charge is -2.27. The zero-order valence-corrected chi connectivity index (χ0v) is 17.9. The minimum Gasteiger partial charge on any atom is -0.147 e. The van der Waals surface area contributed by atoms with Crippen LogP contribution in [0, 0.1) is 0 Å². The lowest BCUT2D eigenvalue weighted by atomic mass is 10.2. The molecule has 0 bridgehead atoms. The fraction of sp³-hybridized carbons (Fsp3) is 0.0400. The Morgan fingerprint density at radius 1 is 0.536 bits per heavy atom. The van der Waals surface area contributed by atoms with Crippen molar-refractivity contribution in [2.24, 2.45) is 0 Å². The van der Waals surface area contributed by atoms with Gasteiger partial charge in [0.05, 0.1) is 6.16 Å². The molecule has 0 aliphatic rings. The Bertz CT molecular complexity index is 905. The summed E-state index contributed by atoms with van der Waals surface area (Å²) in [6.45, 7) is 0. The zero-order valence-electron chi connectivity index (χ0n) is 15.4. The highest BCUT2D eigenvalue weighted by Crippen LogP contribution is 2.58. The summed E-state index contributed by atoms with van der Waals surface area (Å²) >= 11 is 6.32. The second-order valence-corrected chi connectivity index (χ2v) is 10.5. The van der Waals surface area contributed by atoms with Crippen molar-refractivity contribution in [2.45, 2.75) is 6.16 Å². The first-order valence-electron chi connectivity index (χ1n) is 9.08. The summed E-state index contributed by atoms with van der Waals surface area (Å²) in [6, 6.07) is 41.1. The molecular formula is C25H22Cl2P+. The van der Waals surface area contributed by atoms with E-state index in [2.05, 4.69) is 103 Å². The normalized spacial score (nSPS) is 10.9. The topological polar surface area (TPSA) is 0 Å². The molecule has 0 amide bonds. The number of hydrogen-bond donors (Lipinski definition) is 0. The van der Waals surface area contributed by atoms with E-state index in [4.69, 9.17) is 11.6 Å². The Balaban J connectivity index is 0.00000225. The molecule has 3 heteroatoms. The lowest BCUT2D eigenvalue weighted by Crippen LogP contribution is -2.32. The molecule has 0 saturated heterocycles. The highest BCUT2D eigenvalue weighted by molar-refractivity contribution is 7.95. The zero-order chi connectivity index (χ0) is 18.5. The van der Waals surface area contributed by atoms with Crippen LogP contribution < -0.4 is 15.9 Å². The van der Waals surface area contributed by atoms with E-state index in [1.165, 1.54) is 21.5 Å². The van der Waals surface area contributed by atoms with Gasteiger partial charge < -0.3 is 0 Å². The maximum atomic E-state index is 6.32. The predicted octanol–water partition coefficient (Wildman–Crippen LogP) is 6.26. The Kier molecular flexibility index (Phi) is 6.92. The van der Waals surface area contributed by atoms with E-state index in [-0.39, 0.29) is 12.4 Å². The van der Waals surface area contributed by atoms with Gasteiger partial charge in [0.1, 0.15) is 23.2 Å². The molecule has 0 heterocycles. The SMILES string of the molecule is Cl.Clc1cccc(C[P+](c2ccccc2)(c2ccccc2)c2ccccc2)c1. The largest absolute Gasteiger partial charge is 0.147 e. The molecule has 0 atom stereocenters. The van der Waals surface area contributed by atoms with E-state index in [0.29, 0.717) is 0 Å². The average Bonchev–Trinajstić information content (AvgIpc) is 2.74. The van der Waals surface area contributed by atoms with Gasteiger partial charge in [-0.3, -0.25) is 0 Å². The van der Waals surface area contributed by atoms with Gasteiger partial charge in [-0.1, -0.05) is 78.3 Å².